The Balaban J connectivity index is 1.39. The molecule has 0 aliphatic carbocycles. The molecule has 5 rings (SSSR count). The van der Waals surface area contributed by atoms with E-state index in [4.69, 9.17) is 4.74 Å². The van der Waals surface area contributed by atoms with Gasteiger partial charge in [0.25, 0.3) is 0 Å². The number of hydrogen-bond donors (Lipinski definition) is 1. The third-order valence-corrected chi connectivity index (χ3v) is 5.27. The summed E-state index contributed by atoms with van der Waals surface area (Å²) in [5.74, 6) is 0.516. The molecule has 0 spiro atoms. The van der Waals surface area contributed by atoms with Gasteiger partial charge >= 0.3 is 0 Å². The topological polar surface area (TPSA) is 56.2 Å². The number of amides is 1. The number of carbonyl (C=O) groups is 1. The minimum Gasteiger partial charge on any atom is -0.486 e. The van der Waals surface area contributed by atoms with Gasteiger partial charge in [0.2, 0.25) is 5.91 Å². The molecule has 0 aliphatic heterocycles. The Morgan fingerprint density at radius 2 is 1.66 bits per heavy atom. The van der Waals surface area contributed by atoms with E-state index in [0.717, 1.165) is 27.6 Å². The second-order valence-corrected chi connectivity index (χ2v) is 7.43. The van der Waals surface area contributed by atoms with Crippen molar-refractivity contribution in [3.05, 3.63) is 103 Å². The number of nitrogens with zero attached hydrogens (tertiary/aromatic N) is 2. The van der Waals surface area contributed by atoms with Crippen molar-refractivity contribution in [2.75, 3.05) is 5.32 Å². The molecule has 1 amide bonds. The molecule has 0 saturated carbocycles. The molecule has 0 radical (unpaired) electrons. The van der Waals surface area contributed by atoms with Crippen LogP contribution in [0.15, 0.2) is 91.0 Å². The Kier molecular flexibility index (Phi) is 5.25. The smallest absolute Gasteiger partial charge is 0.244 e. The largest absolute Gasteiger partial charge is 0.486 e. The predicted molar refractivity (Wildman–Crippen MR) is 123 cm³/mol. The summed E-state index contributed by atoms with van der Waals surface area (Å²) in [4.78, 5) is 17.3. The van der Waals surface area contributed by atoms with Crippen LogP contribution in [-0.4, -0.2) is 15.5 Å². The summed E-state index contributed by atoms with van der Waals surface area (Å²) < 4.78 is 21.7. The van der Waals surface area contributed by atoms with E-state index < -0.39 is 5.82 Å². The number of rotatable bonds is 6. The fourth-order valence-electron chi connectivity index (χ4n) is 3.71. The monoisotopic (exact) mass is 425 g/mol. The van der Waals surface area contributed by atoms with Gasteiger partial charge in [0.1, 0.15) is 30.5 Å². The SMILES string of the molecule is O=C(Cn1c(COc2ccc3ccccc3c2)nc2ccccc21)Nc1ccccc1F. The lowest BCUT2D eigenvalue weighted by molar-refractivity contribution is -0.116. The van der Waals surface area contributed by atoms with E-state index in [1.165, 1.54) is 12.1 Å². The molecule has 158 valence electrons. The van der Waals surface area contributed by atoms with Crippen LogP contribution in [0.4, 0.5) is 10.1 Å². The molecular weight excluding hydrogens is 405 g/mol. The summed E-state index contributed by atoms with van der Waals surface area (Å²) >= 11 is 0. The Morgan fingerprint density at radius 1 is 0.906 bits per heavy atom. The van der Waals surface area contributed by atoms with E-state index in [1.807, 2.05) is 66.7 Å². The molecule has 6 heteroatoms. The highest BCUT2D eigenvalue weighted by molar-refractivity contribution is 5.92. The van der Waals surface area contributed by atoms with Gasteiger partial charge in [-0.05, 0) is 47.2 Å². The lowest BCUT2D eigenvalue weighted by Gasteiger charge is -2.12. The third kappa shape index (κ3) is 4.03. The second kappa shape index (κ2) is 8.51. The van der Waals surface area contributed by atoms with Crippen molar-refractivity contribution in [2.24, 2.45) is 0 Å². The molecule has 0 unspecified atom stereocenters. The first kappa shape index (κ1) is 19.8. The zero-order chi connectivity index (χ0) is 21.9. The van der Waals surface area contributed by atoms with Crippen molar-refractivity contribution < 1.29 is 13.9 Å². The first-order valence-corrected chi connectivity index (χ1v) is 10.3. The molecule has 1 aromatic heterocycles. The first-order valence-electron chi connectivity index (χ1n) is 10.3. The Bertz CT molecular complexity index is 1430. The van der Waals surface area contributed by atoms with Crippen LogP contribution in [-0.2, 0) is 17.9 Å². The molecule has 5 aromatic rings. The van der Waals surface area contributed by atoms with Crippen molar-refractivity contribution in [3.63, 3.8) is 0 Å². The van der Waals surface area contributed by atoms with Crippen LogP contribution in [0.2, 0.25) is 0 Å². The highest BCUT2D eigenvalue weighted by Gasteiger charge is 2.15. The summed E-state index contributed by atoms with van der Waals surface area (Å²) in [5.41, 5.74) is 1.73. The maximum atomic E-state index is 13.9. The lowest BCUT2D eigenvalue weighted by atomic mass is 10.1. The number of carbonyl (C=O) groups excluding carboxylic acids is 1. The number of halogens is 1. The van der Waals surface area contributed by atoms with Gasteiger partial charge in [-0.15, -0.1) is 0 Å². The number of anilines is 1. The van der Waals surface area contributed by atoms with Crippen LogP contribution in [0.5, 0.6) is 5.75 Å². The normalized spacial score (nSPS) is 11.0. The number of nitrogens with one attached hydrogen (secondary N) is 1. The average molecular weight is 425 g/mol. The van der Waals surface area contributed by atoms with Crippen molar-refractivity contribution in [1.29, 1.82) is 0 Å². The number of para-hydroxylation sites is 3. The zero-order valence-electron chi connectivity index (χ0n) is 17.2. The van der Waals surface area contributed by atoms with Crippen LogP contribution < -0.4 is 10.1 Å². The Hall–Kier alpha value is -4.19. The number of ether oxygens (including phenoxy) is 1. The van der Waals surface area contributed by atoms with Gasteiger partial charge < -0.3 is 14.6 Å². The maximum Gasteiger partial charge on any atom is 0.244 e. The standard InChI is InChI=1S/C26H20FN3O2/c27-21-9-3-4-10-22(21)29-26(31)16-30-24-12-6-5-11-23(24)28-25(30)17-32-20-14-13-18-7-1-2-8-19(18)15-20/h1-15H,16-17H2,(H,29,31). The number of imidazole rings is 1. The molecule has 0 saturated heterocycles. The summed E-state index contributed by atoms with van der Waals surface area (Å²) in [5, 5.41) is 4.85. The van der Waals surface area contributed by atoms with E-state index >= 15 is 0 Å². The minimum absolute atomic E-state index is 0.00867. The maximum absolute atomic E-state index is 13.9. The molecule has 0 atom stereocenters. The summed E-state index contributed by atoms with van der Waals surface area (Å²) in [6.07, 6.45) is 0. The number of benzene rings is 4. The van der Waals surface area contributed by atoms with E-state index in [-0.39, 0.29) is 24.7 Å². The van der Waals surface area contributed by atoms with E-state index in [0.29, 0.717) is 5.82 Å². The minimum atomic E-state index is -0.476. The van der Waals surface area contributed by atoms with Crippen LogP contribution in [0.3, 0.4) is 0 Å². The van der Waals surface area contributed by atoms with E-state index in [9.17, 15) is 9.18 Å². The Morgan fingerprint density at radius 3 is 2.53 bits per heavy atom. The molecule has 1 N–H and O–H groups in total. The van der Waals surface area contributed by atoms with E-state index in [1.54, 1.807) is 16.7 Å². The molecule has 1 heterocycles. The van der Waals surface area contributed by atoms with Crippen molar-refractivity contribution >= 4 is 33.4 Å². The average Bonchev–Trinajstić information content (AvgIpc) is 3.16. The Labute approximate surface area is 184 Å². The number of aromatic nitrogens is 2. The molecule has 5 nitrogen and oxygen atoms in total. The second-order valence-electron chi connectivity index (χ2n) is 7.43. The summed E-state index contributed by atoms with van der Waals surface area (Å²) in [6.45, 7) is 0.186. The van der Waals surface area contributed by atoms with Gasteiger partial charge in [-0.25, -0.2) is 9.37 Å². The van der Waals surface area contributed by atoms with Crippen molar-refractivity contribution in [3.8, 4) is 5.75 Å². The number of hydrogen-bond acceptors (Lipinski definition) is 3. The zero-order valence-corrected chi connectivity index (χ0v) is 17.2. The van der Waals surface area contributed by atoms with E-state index in [2.05, 4.69) is 10.3 Å². The van der Waals surface area contributed by atoms with Crippen molar-refractivity contribution in [1.82, 2.24) is 9.55 Å². The molecule has 0 aliphatic rings. The fraction of sp³-hybridized carbons (Fsp3) is 0.0769. The van der Waals surface area contributed by atoms with Crippen molar-refractivity contribution in [2.45, 2.75) is 13.2 Å². The van der Waals surface area contributed by atoms with Gasteiger partial charge in [0, 0.05) is 0 Å². The molecule has 0 bridgehead atoms. The molecule has 4 aromatic carbocycles. The highest BCUT2D eigenvalue weighted by Crippen LogP contribution is 2.23. The third-order valence-electron chi connectivity index (χ3n) is 5.27. The van der Waals surface area contributed by atoms with Gasteiger partial charge in [0.05, 0.1) is 16.7 Å². The van der Waals surface area contributed by atoms with Gasteiger partial charge in [-0.1, -0.05) is 54.6 Å². The van der Waals surface area contributed by atoms with Gasteiger partial charge in [-0.3, -0.25) is 4.79 Å². The lowest BCUT2D eigenvalue weighted by Crippen LogP contribution is -2.21. The first-order chi connectivity index (χ1) is 15.7. The molecule has 32 heavy (non-hydrogen) atoms. The highest BCUT2D eigenvalue weighted by atomic mass is 19.1. The molecule has 0 fully saturated rings. The predicted octanol–water partition coefficient (Wildman–Crippen LogP) is 5.55. The number of fused-ring (bicyclic) bond motifs is 2. The van der Waals surface area contributed by atoms with Crippen LogP contribution in [0.1, 0.15) is 5.82 Å². The summed E-state index contributed by atoms with van der Waals surface area (Å²) in [6, 6.07) is 27.6. The van der Waals surface area contributed by atoms with Crippen LogP contribution in [0.25, 0.3) is 21.8 Å². The van der Waals surface area contributed by atoms with Crippen LogP contribution in [0, 0.1) is 5.82 Å². The van der Waals surface area contributed by atoms with Crippen LogP contribution >= 0.6 is 0 Å². The van der Waals surface area contributed by atoms with Gasteiger partial charge in [0.15, 0.2) is 0 Å². The quantitative estimate of drug-likeness (QED) is 0.388. The molecular formula is C26H20FN3O2. The summed E-state index contributed by atoms with van der Waals surface area (Å²) in [7, 11) is 0. The van der Waals surface area contributed by atoms with Gasteiger partial charge in [-0.2, -0.15) is 0 Å². The fourth-order valence-corrected chi connectivity index (χ4v) is 3.71.